The van der Waals surface area contributed by atoms with Crippen LogP contribution in [0.15, 0.2) is 18.2 Å². The molecule has 0 aliphatic carbocycles. The number of carbonyl (C=O) groups is 2. The molecular weight excluding hydrogens is 691 g/mol. The number of hydrogen-bond donors (Lipinski definition) is 3. The van der Waals surface area contributed by atoms with Gasteiger partial charge >= 0.3 is 0 Å². The van der Waals surface area contributed by atoms with Crippen molar-refractivity contribution in [1.82, 2.24) is 5.32 Å². The highest BCUT2D eigenvalue weighted by molar-refractivity contribution is 6.77. The highest BCUT2D eigenvalue weighted by Crippen LogP contribution is 2.43. The second-order valence-corrected chi connectivity index (χ2v) is 18.8. The van der Waals surface area contributed by atoms with Crippen LogP contribution in [0.3, 0.4) is 0 Å². The van der Waals surface area contributed by atoms with Gasteiger partial charge in [0.2, 0.25) is 14.2 Å². The molecule has 52 heavy (non-hydrogen) atoms. The minimum Gasteiger partial charge on any atom is -0.412 e. The number of carbonyl (C=O) groups excluding carboxylic acids is 2. The maximum atomic E-state index is 13.4. The van der Waals surface area contributed by atoms with Crippen LogP contribution in [0.2, 0.25) is 16.6 Å². The van der Waals surface area contributed by atoms with Crippen LogP contribution in [0.1, 0.15) is 64.4 Å². The van der Waals surface area contributed by atoms with E-state index in [0.29, 0.717) is 140 Å². The van der Waals surface area contributed by atoms with Crippen LogP contribution in [0, 0.1) is 0 Å². The molecule has 1 aromatic rings. The van der Waals surface area contributed by atoms with Crippen LogP contribution in [0.5, 0.6) is 0 Å². The van der Waals surface area contributed by atoms with Gasteiger partial charge in [-0.15, -0.1) is 0 Å². The summed E-state index contributed by atoms with van der Waals surface area (Å²) in [5.41, 5.74) is 8.66. The van der Waals surface area contributed by atoms with E-state index in [-0.39, 0.29) is 11.8 Å². The van der Waals surface area contributed by atoms with Crippen LogP contribution in [-0.2, 0) is 53.7 Å². The van der Waals surface area contributed by atoms with Gasteiger partial charge in [-0.2, -0.15) is 0 Å². The topological polar surface area (TPSA) is 167 Å². The number of methoxy groups -OCH3 is 1. The fourth-order valence-electron chi connectivity index (χ4n) is 5.85. The molecule has 0 fully saturated rings. The predicted octanol–water partition coefficient (Wildman–Crippen LogP) is 4.16. The van der Waals surface area contributed by atoms with E-state index in [4.69, 9.17) is 48.1 Å². The SMILES string of the molecule is COCCOCCOCCOCCOCCOCCOCCOCCNC(=O)c1cc(NC(=O)C(C)N)ccc1CO[Si](C(C)C)(C(C)C)C(C)C. The van der Waals surface area contributed by atoms with Crippen LogP contribution >= 0.6 is 0 Å². The van der Waals surface area contributed by atoms with Gasteiger partial charge in [0, 0.05) is 24.9 Å². The lowest BCUT2D eigenvalue weighted by molar-refractivity contribution is -0.117. The molecule has 0 radical (unpaired) electrons. The molecule has 1 aromatic carbocycles. The lowest BCUT2D eigenvalue weighted by Crippen LogP contribution is -2.47. The van der Waals surface area contributed by atoms with Crippen molar-refractivity contribution in [3.8, 4) is 0 Å². The average molecular weight is 760 g/mol. The normalized spacial score (nSPS) is 12.6. The summed E-state index contributed by atoms with van der Waals surface area (Å²) in [6.45, 7) is 22.8. The third-order valence-corrected chi connectivity index (χ3v) is 14.5. The molecule has 0 aliphatic heterocycles. The number of nitrogens with two attached hydrogens (primary N) is 1. The van der Waals surface area contributed by atoms with Crippen molar-refractivity contribution in [2.75, 3.05) is 118 Å². The molecule has 0 spiro atoms. The van der Waals surface area contributed by atoms with E-state index in [9.17, 15) is 9.59 Å². The van der Waals surface area contributed by atoms with Crippen molar-refractivity contribution in [3.63, 3.8) is 0 Å². The Bertz CT molecular complexity index is 1060. The van der Waals surface area contributed by atoms with Gasteiger partial charge in [0.05, 0.1) is 112 Å². The quantitative estimate of drug-likeness (QED) is 0.0693. The van der Waals surface area contributed by atoms with Crippen molar-refractivity contribution in [2.24, 2.45) is 5.73 Å². The van der Waals surface area contributed by atoms with Gasteiger partial charge in [0.25, 0.3) is 5.91 Å². The zero-order chi connectivity index (χ0) is 38.6. The van der Waals surface area contributed by atoms with Crippen molar-refractivity contribution in [3.05, 3.63) is 29.3 Å². The van der Waals surface area contributed by atoms with E-state index in [2.05, 4.69) is 52.2 Å². The van der Waals surface area contributed by atoms with Crippen LogP contribution in [0.25, 0.3) is 0 Å². The van der Waals surface area contributed by atoms with Crippen LogP contribution < -0.4 is 16.4 Å². The molecule has 1 unspecified atom stereocenters. The Balaban J connectivity index is 2.29. The largest absolute Gasteiger partial charge is 0.412 e. The predicted molar refractivity (Wildman–Crippen MR) is 205 cm³/mol. The Morgan fingerprint density at radius 1 is 0.635 bits per heavy atom. The Hall–Kier alpha value is -2.02. The molecule has 15 heteroatoms. The fourth-order valence-corrected chi connectivity index (χ4v) is 11.3. The summed E-state index contributed by atoms with van der Waals surface area (Å²) < 4.78 is 50.1. The summed E-state index contributed by atoms with van der Waals surface area (Å²) in [4.78, 5) is 25.6. The average Bonchev–Trinajstić information content (AvgIpc) is 3.10. The third kappa shape index (κ3) is 19.9. The molecule has 1 atom stereocenters. The third-order valence-electron chi connectivity index (χ3n) is 8.42. The summed E-state index contributed by atoms with van der Waals surface area (Å²) in [6, 6.07) is 4.62. The highest BCUT2D eigenvalue weighted by Gasteiger charge is 2.45. The molecule has 0 saturated carbocycles. The first-order chi connectivity index (χ1) is 25.0. The van der Waals surface area contributed by atoms with E-state index in [1.54, 1.807) is 26.2 Å². The van der Waals surface area contributed by atoms with Gasteiger partial charge in [-0.05, 0) is 41.2 Å². The van der Waals surface area contributed by atoms with Gasteiger partial charge in [-0.1, -0.05) is 47.6 Å². The van der Waals surface area contributed by atoms with Crippen molar-refractivity contribution >= 4 is 25.8 Å². The van der Waals surface area contributed by atoms with Crippen LogP contribution in [-0.4, -0.2) is 139 Å². The van der Waals surface area contributed by atoms with Crippen molar-refractivity contribution in [2.45, 2.75) is 77.7 Å². The summed E-state index contributed by atoms with van der Waals surface area (Å²) in [5.74, 6) is -0.597. The summed E-state index contributed by atoms with van der Waals surface area (Å²) in [7, 11) is -0.531. The Morgan fingerprint density at radius 3 is 1.42 bits per heavy atom. The maximum absolute atomic E-state index is 13.4. The standard InChI is InChI=1S/C37H69N3O11Si/c1-29(2)52(30(3)4,31(5)6)51-28-33-9-10-34(40-36(41)32(7)38)27-35(33)37(42)39-11-12-44-15-16-46-19-20-48-23-24-50-26-25-49-22-21-47-18-17-45-14-13-43-8/h9-10,27,29-32H,11-26,28,38H2,1-8H3,(H,39,42)(H,40,41). The molecule has 0 saturated heterocycles. The van der Waals surface area contributed by atoms with Gasteiger partial charge in [-0.3, -0.25) is 9.59 Å². The second kappa shape index (κ2) is 29.3. The van der Waals surface area contributed by atoms with Gasteiger partial charge < -0.3 is 58.7 Å². The molecule has 302 valence electrons. The molecule has 0 bridgehead atoms. The van der Waals surface area contributed by atoms with E-state index in [0.717, 1.165) is 5.56 Å². The Morgan fingerprint density at radius 2 is 1.04 bits per heavy atom. The molecule has 0 aliphatic rings. The minimum absolute atomic E-state index is 0.268. The molecule has 0 aromatic heterocycles. The molecule has 14 nitrogen and oxygen atoms in total. The smallest absolute Gasteiger partial charge is 0.251 e. The first-order valence-electron chi connectivity index (χ1n) is 18.6. The number of hydrogen-bond acceptors (Lipinski definition) is 12. The molecular formula is C37H69N3O11Si. The van der Waals surface area contributed by atoms with Crippen LogP contribution in [0.4, 0.5) is 5.69 Å². The highest BCUT2D eigenvalue weighted by atomic mass is 28.4. The summed E-state index contributed by atoms with van der Waals surface area (Å²) in [6.07, 6.45) is 0. The van der Waals surface area contributed by atoms with Gasteiger partial charge in [-0.25, -0.2) is 0 Å². The fraction of sp³-hybridized carbons (Fsp3) is 0.784. The van der Waals surface area contributed by atoms with Gasteiger partial charge in [0.15, 0.2) is 0 Å². The number of ether oxygens (including phenoxy) is 8. The van der Waals surface area contributed by atoms with Crippen molar-refractivity contribution < 1.29 is 51.9 Å². The summed E-state index contributed by atoms with van der Waals surface area (Å²) >= 11 is 0. The molecule has 0 heterocycles. The Kier molecular flexibility index (Phi) is 27.1. The molecule has 2 amide bonds. The monoisotopic (exact) mass is 759 g/mol. The minimum atomic E-state index is -2.17. The number of anilines is 1. The van der Waals surface area contributed by atoms with Gasteiger partial charge in [0.1, 0.15) is 0 Å². The Labute approximate surface area is 313 Å². The zero-order valence-corrected chi connectivity index (χ0v) is 34.1. The van der Waals surface area contributed by atoms with E-state index >= 15 is 0 Å². The second-order valence-electron chi connectivity index (χ2n) is 13.3. The van der Waals surface area contributed by atoms with E-state index < -0.39 is 14.4 Å². The van der Waals surface area contributed by atoms with Crippen molar-refractivity contribution in [1.29, 1.82) is 0 Å². The number of benzene rings is 1. The number of nitrogens with one attached hydrogen (secondary N) is 2. The number of rotatable bonds is 33. The zero-order valence-electron chi connectivity index (χ0n) is 33.1. The molecule has 1 rings (SSSR count). The lowest BCUT2D eigenvalue weighted by atomic mass is 10.1. The first kappa shape index (κ1) is 48.0. The van der Waals surface area contributed by atoms with E-state index in [1.807, 2.05) is 6.07 Å². The maximum Gasteiger partial charge on any atom is 0.251 e. The molecule has 4 N–H and O–H groups in total. The van der Waals surface area contributed by atoms with E-state index in [1.165, 1.54) is 0 Å². The first-order valence-corrected chi connectivity index (χ1v) is 20.8. The summed E-state index contributed by atoms with van der Waals surface area (Å²) in [5, 5.41) is 5.72. The lowest BCUT2D eigenvalue weighted by Gasteiger charge is -2.42. The number of amides is 2.